The van der Waals surface area contributed by atoms with Crippen molar-refractivity contribution in [3.63, 3.8) is 0 Å². The molecule has 0 aliphatic heterocycles. The minimum Gasteiger partial charge on any atom is -0.439 e. The van der Waals surface area contributed by atoms with Crippen LogP contribution in [0.5, 0.6) is 11.6 Å². The van der Waals surface area contributed by atoms with Gasteiger partial charge in [0, 0.05) is 13.1 Å². The first-order chi connectivity index (χ1) is 8.31. The molecule has 0 aliphatic rings. The van der Waals surface area contributed by atoms with Gasteiger partial charge in [0.05, 0.1) is 0 Å². The van der Waals surface area contributed by atoms with Gasteiger partial charge in [0.15, 0.2) is 0 Å². The largest absolute Gasteiger partial charge is 0.439 e. The van der Waals surface area contributed by atoms with E-state index in [4.69, 9.17) is 4.74 Å². The van der Waals surface area contributed by atoms with Gasteiger partial charge in [-0.3, -0.25) is 0 Å². The van der Waals surface area contributed by atoms with E-state index >= 15 is 0 Å². The Morgan fingerprint density at radius 3 is 2.53 bits per heavy atom. The molecule has 0 saturated heterocycles. The molecule has 0 fully saturated rings. The first-order valence-corrected chi connectivity index (χ1v) is 5.73. The Morgan fingerprint density at radius 2 is 1.88 bits per heavy atom. The zero-order valence-electron chi connectivity index (χ0n) is 10.1. The molecule has 1 aromatic carbocycles. The van der Waals surface area contributed by atoms with Crippen LogP contribution in [0.15, 0.2) is 42.5 Å². The van der Waals surface area contributed by atoms with Gasteiger partial charge < -0.3 is 10.1 Å². The molecule has 1 aromatic heterocycles. The van der Waals surface area contributed by atoms with E-state index in [0.29, 0.717) is 5.88 Å². The summed E-state index contributed by atoms with van der Waals surface area (Å²) in [4.78, 5) is 4.30. The number of aromatic nitrogens is 1. The van der Waals surface area contributed by atoms with Crippen molar-refractivity contribution in [2.24, 2.45) is 0 Å². The second kappa shape index (κ2) is 5.34. The van der Waals surface area contributed by atoms with E-state index in [9.17, 15) is 0 Å². The number of hydrogen-bond donors (Lipinski definition) is 1. The lowest BCUT2D eigenvalue weighted by molar-refractivity contribution is 0.463. The van der Waals surface area contributed by atoms with Gasteiger partial charge in [0.1, 0.15) is 11.6 Å². The average Bonchev–Trinajstić information content (AvgIpc) is 2.40. The van der Waals surface area contributed by atoms with Crippen molar-refractivity contribution in [2.75, 3.05) is 12.4 Å². The molecule has 3 nitrogen and oxygen atoms in total. The van der Waals surface area contributed by atoms with E-state index in [0.717, 1.165) is 18.0 Å². The molecule has 17 heavy (non-hydrogen) atoms. The molecule has 1 N–H and O–H groups in total. The van der Waals surface area contributed by atoms with Gasteiger partial charge in [0.25, 0.3) is 0 Å². The summed E-state index contributed by atoms with van der Waals surface area (Å²) in [7, 11) is 1.84. The molecule has 0 spiro atoms. The van der Waals surface area contributed by atoms with Crippen molar-refractivity contribution < 1.29 is 4.74 Å². The number of nitrogens with one attached hydrogen (secondary N) is 1. The zero-order chi connectivity index (χ0) is 12.1. The van der Waals surface area contributed by atoms with Crippen LogP contribution in [0.4, 0.5) is 5.82 Å². The van der Waals surface area contributed by atoms with Crippen LogP contribution in [0, 0.1) is 0 Å². The highest BCUT2D eigenvalue weighted by Crippen LogP contribution is 2.21. The summed E-state index contributed by atoms with van der Waals surface area (Å²) in [5.74, 6) is 2.21. The maximum absolute atomic E-state index is 5.67. The van der Waals surface area contributed by atoms with Crippen LogP contribution in [0.25, 0.3) is 0 Å². The highest BCUT2D eigenvalue weighted by Gasteiger charge is 1.99. The number of benzene rings is 1. The molecule has 1 heterocycles. The molecule has 0 aliphatic carbocycles. The van der Waals surface area contributed by atoms with Crippen molar-refractivity contribution >= 4 is 5.82 Å². The molecule has 88 valence electrons. The van der Waals surface area contributed by atoms with E-state index in [2.05, 4.69) is 29.4 Å². The Balaban J connectivity index is 2.13. The monoisotopic (exact) mass is 228 g/mol. The van der Waals surface area contributed by atoms with Gasteiger partial charge in [0.2, 0.25) is 5.88 Å². The Bertz CT molecular complexity index is 480. The first-order valence-electron chi connectivity index (χ1n) is 5.73. The maximum atomic E-state index is 5.67. The zero-order valence-corrected chi connectivity index (χ0v) is 10.1. The number of hydrogen-bond acceptors (Lipinski definition) is 3. The molecule has 0 radical (unpaired) electrons. The van der Waals surface area contributed by atoms with Gasteiger partial charge >= 0.3 is 0 Å². The Hall–Kier alpha value is -2.03. The van der Waals surface area contributed by atoms with Crippen LogP contribution in [-0.2, 0) is 6.42 Å². The normalized spacial score (nSPS) is 10.0. The summed E-state index contributed by atoms with van der Waals surface area (Å²) in [6, 6.07) is 13.7. The number of rotatable bonds is 4. The molecule has 2 rings (SSSR count). The van der Waals surface area contributed by atoms with Crippen molar-refractivity contribution in [3.8, 4) is 11.6 Å². The van der Waals surface area contributed by atoms with Gasteiger partial charge in [-0.15, -0.1) is 0 Å². The Kier molecular flexibility index (Phi) is 3.60. The minimum absolute atomic E-state index is 0.598. The lowest BCUT2D eigenvalue weighted by Gasteiger charge is -2.06. The molecule has 0 atom stereocenters. The summed E-state index contributed by atoms with van der Waals surface area (Å²) in [5.41, 5.74) is 1.30. The average molecular weight is 228 g/mol. The highest BCUT2D eigenvalue weighted by molar-refractivity contribution is 5.38. The summed E-state index contributed by atoms with van der Waals surface area (Å²) >= 11 is 0. The number of anilines is 1. The van der Waals surface area contributed by atoms with Crippen molar-refractivity contribution in [2.45, 2.75) is 13.3 Å². The van der Waals surface area contributed by atoms with E-state index in [1.807, 2.05) is 37.4 Å². The smallest absolute Gasteiger partial charge is 0.221 e. The fraction of sp³-hybridized carbons (Fsp3) is 0.214. The highest BCUT2D eigenvalue weighted by atomic mass is 16.5. The molecule has 0 amide bonds. The maximum Gasteiger partial charge on any atom is 0.221 e. The lowest BCUT2D eigenvalue weighted by atomic mass is 10.2. The Labute approximate surface area is 101 Å². The predicted molar refractivity (Wildman–Crippen MR) is 69.7 cm³/mol. The molecular weight excluding hydrogens is 212 g/mol. The molecular formula is C14H16N2O. The van der Waals surface area contributed by atoms with Gasteiger partial charge in [-0.05, 0) is 30.2 Å². The predicted octanol–water partition coefficient (Wildman–Crippen LogP) is 3.48. The SMILES string of the molecule is CCc1ccc(Oc2cccc(NC)n2)cc1. The van der Waals surface area contributed by atoms with Crippen molar-refractivity contribution in [3.05, 3.63) is 48.0 Å². The second-order valence-electron chi connectivity index (χ2n) is 3.71. The molecule has 0 bridgehead atoms. The van der Waals surface area contributed by atoms with Crippen LogP contribution in [0.1, 0.15) is 12.5 Å². The van der Waals surface area contributed by atoms with E-state index in [-0.39, 0.29) is 0 Å². The number of nitrogens with zero attached hydrogens (tertiary/aromatic N) is 1. The Morgan fingerprint density at radius 1 is 1.12 bits per heavy atom. The standard InChI is InChI=1S/C14H16N2O/c1-3-11-7-9-12(10-8-11)17-14-6-4-5-13(15-2)16-14/h4-10H,3H2,1-2H3,(H,15,16). The third-order valence-corrected chi connectivity index (χ3v) is 2.53. The van der Waals surface area contributed by atoms with Crippen molar-refractivity contribution in [1.82, 2.24) is 4.98 Å². The summed E-state index contributed by atoms with van der Waals surface area (Å²) in [6.07, 6.45) is 1.04. The van der Waals surface area contributed by atoms with Crippen LogP contribution in [0.3, 0.4) is 0 Å². The van der Waals surface area contributed by atoms with Crippen LogP contribution in [-0.4, -0.2) is 12.0 Å². The molecule has 0 saturated carbocycles. The summed E-state index contributed by atoms with van der Waals surface area (Å²) < 4.78 is 5.67. The molecule has 3 heteroatoms. The quantitative estimate of drug-likeness (QED) is 0.870. The summed E-state index contributed by atoms with van der Waals surface area (Å²) in [5, 5.41) is 2.98. The van der Waals surface area contributed by atoms with E-state index in [1.165, 1.54) is 5.56 Å². The topological polar surface area (TPSA) is 34.1 Å². The molecule has 2 aromatic rings. The van der Waals surface area contributed by atoms with Gasteiger partial charge in [-0.1, -0.05) is 25.1 Å². The first kappa shape index (κ1) is 11.5. The van der Waals surface area contributed by atoms with Gasteiger partial charge in [-0.25, -0.2) is 0 Å². The minimum atomic E-state index is 0.598. The lowest BCUT2D eigenvalue weighted by Crippen LogP contribution is -1.94. The van der Waals surface area contributed by atoms with Crippen molar-refractivity contribution in [1.29, 1.82) is 0 Å². The van der Waals surface area contributed by atoms with Crippen LogP contribution < -0.4 is 10.1 Å². The van der Waals surface area contributed by atoms with Gasteiger partial charge in [-0.2, -0.15) is 4.98 Å². The van der Waals surface area contributed by atoms with Crippen LogP contribution >= 0.6 is 0 Å². The number of pyridine rings is 1. The second-order valence-corrected chi connectivity index (χ2v) is 3.71. The van der Waals surface area contributed by atoms with Crippen LogP contribution in [0.2, 0.25) is 0 Å². The summed E-state index contributed by atoms with van der Waals surface area (Å²) in [6.45, 7) is 2.13. The third-order valence-electron chi connectivity index (χ3n) is 2.53. The fourth-order valence-electron chi connectivity index (χ4n) is 1.52. The number of ether oxygens (including phenoxy) is 1. The molecule has 0 unspecified atom stereocenters. The third kappa shape index (κ3) is 2.97. The number of aryl methyl sites for hydroxylation is 1. The fourth-order valence-corrected chi connectivity index (χ4v) is 1.52. The van der Waals surface area contributed by atoms with E-state index in [1.54, 1.807) is 0 Å². The van der Waals surface area contributed by atoms with E-state index < -0.39 is 0 Å².